The second-order valence-corrected chi connectivity index (χ2v) is 6.03. The van der Waals surface area contributed by atoms with Gasteiger partial charge in [0, 0.05) is 51.6 Å². The van der Waals surface area contributed by atoms with E-state index >= 15 is 0 Å². The third-order valence-corrected chi connectivity index (χ3v) is 4.44. The average Bonchev–Trinajstić information content (AvgIpc) is 2.74. The van der Waals surface area contributed by atoms with Crippen LogP contribution >= 0.6 is 11.8 Å². The van der Waals surface area contributed by atoms with E-state index in [9.17, 15) is 0 Å². The standard InChI is InChI=1S/C12H24N6S/c1-11-14-15-12(18(11)4-3-13)19-10-9-17-7-5-16(2)6-8-17/h3-10,13H2,1-2H3. The smallest absolute Gasteiger partial charge is 0.191 e. The number of thioether (sulfide) groups is 1. The summed E-state index contributed by atoms with van der Waals surface area (Å²) in [7, 11) is 2.18. The van der Waals surface area contributed by atoms with Crippen molar-refractivity contribution in [3.8, 4) is 0 Å². The predicted octanol–water partition coefficient (Wildman–Crippen LogP) is -0.115. The number of nitrogens with two attached hydrogens (primary N) is 1. The number of nitrogens with zero attached hydrogens (tertiary/aromatic N) is 5. The molecule has 0 radical (unpaired) electrons. The lowest BCUT2D eigenvalue weighted by atomic mass is 10.3. The van der Waals surface area contributed by atoms with Crippen LogP contribution in [-0.2, 0) is 6.54 Å². The molecule has 2 rings (SSSR count). The molecule has 1 aromatic heterocycles. The van der Waals surface area contributed by atoms with Gasteiger partial charge in [-0.05, 0) is 14.0 Å². The Hall–Kier alpha value is -0.630. The number of rotatable bonds is 6. The third-order valence-electron chi connectivity index (χ3n) is 3.49. The van der Waals surface area contributed by atoms with Gasteiger partial charge in [0.2, 0.25) is 0 Å². The van der Waals surface area contributed by atoms with Crippen molar-refractivity contribution in [2.24, 2.45) is 5.73 Å². The van der Waals surface area contributed by atoms with E-state index < -0.39 is 0 Å². The van der Waals surface area contributed by atoms with Gasteiger partial charge in [-0.15, -0.1) is 10.2 Å². The van der Waals surface area contributed by atoms with E-state index in [0.717, 1.165) is 29.8 Å². The summed E-state index contributed by atoms with van der Waals surface area (Å²) in [6.07, 6.45) is 0. The van der Waals surface area contributed by atoms with Crippen LogP contribution in [0.3, 0.4) is 0 Å². The number of piperazine rings is 1. The minimum absolute atomic E-state index is 0.630. The van der Waals surface area contributed by atoms with Crippen molar-refractivity contribution in [3.63, 3.8) is 0 Å². The van der Waals surface area contributed by atoms with E-state index in [0.29, 0.717) is 6.54 Å². The van der Waals surface area contributed by atoms with Crippen molar-refractivity contribution in [2.45, 2.75) is 18.6 Å². The summed E-state index contributed by atoms with van der Waals surface area (Å²) in [5, 5.41) is 9.35. The Kier molecular flexibility index (Phi) is 5.62. The largest absolute Gasteiger partial charge is 0.329 e. The molecule has 108 valence electrons. The lowest BCUT2D eigenvalue weighted by molar-refractivity contribution is 0.161. The summed E-state index contributed by atoms with van der Waals surface area (Å²) >= 11 is 1.78. The predicted molar refractivity (Wildman–Crippen MR) is 78.5 cm³/mol. The Labute approximate surface area is 119 Å². The van der Waals surface area contributed by atoms with Crippen molar-refractivity contribution in [3.05, 3.63) is 5.82 Å². The Morgan fingerprint density at radius 3 is 2.58 bits per heavy atom. The summed E-state index contributed by atoms with van der Waals surface area (Å²) < 4.78 is 2.11. The summed E-state index contributed by atoms with van der Waals surface area (Å²) in [6, 6.07) is 0. The SMILES string of the molecule is Cc1nnc(SCCN2CCN(C)CC2)n1CCN. The van der Waals surface area contributed by atoms with Crippen LogP contribution in [0, 0.1) is 6.92 Å². The molecule has 2 heterocycles. The summed E-state index contributed by atoms with van der Waals surface area (Å²) in [6.45, 7) is 9.22. The highest BCUT2D eigenvalue weighted by Crippen LogP contribution is 2.16. The first kappa shape index (κ1) is 14.8. The second kappa shape index (κ2) is 7.23. The van der Waals surface area contributed by atoms with Gasteiger partial charge in [-0.2, -0.15) is 0 Å². The first-order chi connectivity index (χ1) is 9.20. The van der Waals surface area contributed by atoms with Crippen LogP contribution in [0.5, 0.6) is 0 Å². The zero-order valence-electron chi connectivity index (χ0n) is 11.9. The highest BCUT2D eigenvalue weighted by Gasteiger charge is 2.14. The van der Waals surface area contributed by atoms with Gasteiger partial charge < -0.3 is 15.2 Å². The first-order valence-electron chi connectivity index (χ1n) is 6.84. The lowest BCUT2D eigenvalue weighted by Crippen LogP contribution is -2.45. The molecule has 1 aromatic rings. The average molecular weight is 284 g/mol. The van der Waals surface area contributed by atoms with Gasteiger partial charge in [-0.25, -0.2) is 0 Å². The summed E-state index contributed by atoms with van der Waals surface area (Å²) in [5.41, 5.74) is 5.62. The van der Waals surface area contributed by atoms with Gasteiger partial charge in [0.1, 0.15) is 5.82 Å². The molecule has 0 atom stereocenters. The molecule has 0 aromatic carbocycles. The Bertz CT molecular complexity index is 386. The normalized spacial score (nSPS) is 18.1. The van der Waals surface area contributed by atoms with Crippen LogP contribution in [-0.4, -0.2) is 76.6 Å². The maximum Gasteiger partial charge on any atom is 0.191 e. The van der Waals surface area contributed by atoms with Crippen molar-refractivity contribution in [1.82, 2.24) is 24.6 Å². The minimum Gasteiger partial charge on any atom is -0.329 e. The molecule has 1 fully saturated rings. The van der Waals surface area contributed by atoms with Gasteiger partial charge in [0.15, 0.2) is 5.16 Å². The van der Waals surface area contributed by atoms with Gasteiger partial charge in [-0.3, -0.25) is 4.90 Å². The highest BCUT2D eigenvalue weighted by atomic mass is 32.2. The maximum atomic E-state index is 5.62. The van der Waals surface area contributed by atoms with E-state index in [1.54, 1.807) is 11.8 Å². The zero-order valence-corrected chi connectivity index (χ0v) is 12.7. The van der Waals surface area contributed by atoms with Crippen molar-refractivity contribution in [2.75, 3.05) is 52.1 Å². The fraction of sp³-hybridized carbons (Fsp3) is 0.833. The van der Waals surface area contributed by atoms with Crippen molar-refractivity contribution in [1.29, 1.82) is 0 Å². The Morgan fingerprint density at radius 1 is 1.16 bits per heavy atom. The van der Waals surface area contributed by atoms with Gasteiger partial charge in [-0.1, -0.05) is 11.8 Å². The van der Waals surface area contributed by atoms with Crippen LogP contribution in [0.4, 0.5) is 0 Å². The molecule has 0 amide bonds. The third kappa shape index (κ3) is 4.17. The molecule has 7 heteroatoms. The number of aryl methyl sites for hydroxylation is 1. The highest BCUT2D eigenvalue weighted by molar-refractivity contribution is 7.99. The molecule has 19 heavy (non-hydrogen) atoms. The summed E-state index contributed by atoms with van der Waals surface area (Å²) in [5.74, 6) is 2.01. The molecular formula is C12H24N6S. The number of hydrogen-bond acceptors (Lipinski definition) is 6. The molecule has 1 aliphatic heterocycles. The van der Waals surface area contributed by atoms with Gasteiger partial charge >= 0.3 is 0 Å². The monoisotopic (exact) mass is 284 g/mol. The number of aromatic nitrogens is 3. The van der Waals surface area contributed by atoms with E-state index in [1.165, 1.54) is 26.2 Å². The molecule has 0 saturated carbocycles. The zero-order chi connectivity index (χ0) is 13.7. The van der Waals surface area contributed by atoms with Crippen LogP contribution in [0.1, 0.15) is 5.82 Å². The minimum atomic E-state index is 0.630. The van der Waals surface area contributed by atoms with Crippen LogP contribution in [0.15, 0.2) is 5.16 Å². The molecule has 0 spiro atoms. The molecular weight excluding hydrogens is 260 g/mol. The fourth-order valence-corrected chi connectivity index (χ4v) is 3.20. The Morgan fingerprint density at radius 2 is 1.89 bits per heavy atom. The molecule has 1 aliphatic rings. The van der Waals surface area contributed by atoms with Crippen molar-refractivity contribution >= 4 is 11.8 Å². The molecule has 1 saturated heterocycles. The van der Waals surface area contributed by atoms with Crippen LogP contribution in [0.25, 0.3) is 0 Å². The Balaban J connectivity index is 1.76. The number of likely N-dealkylation sites (N-methyl/N-ethyl adjacent to an activating group) is 1. The van der Waals surface area contributed by atoms with E-state index in [-0.39, 0.29) is 0 Å². The van der Waals surface area contributed by atoms with Crippen molar-refractivity contribution < 1.29 is 0 Å². The topological polar surface area (TPSA) is 63.2 Å². The fourth-order valence-electron chi connectivity index (χ4n) is 2.19. The van der Waals surface area contributed by atoms with E-state index in [4.69, 9.17) is 5.73 Å². The van der Waals surface area contributed by atoms with Crippen LogP contribution < -0.4 is 5.73 Å². The van der Waals surface area contributed by atoms with Gasteiger partial charge in [0.25, 0.3) is 0 Å². The van der Waals surface area contributed by atoms with E-state index in [2.05, 4.69) is 31.6 Å². The molecule has 0 aliphatic carbocycles. The maximum absolute atomic E-state index is 5.62. The van der Waals surface area contributed by atoms with Gasteiger partial charge in [0.05, 0.1) is 0 Å². The second-order valence-electron chi connectivity index (χ2n) is 4.96. The molecule has 0 bridgehead atoms. The summed E-state index contributed by atoms with van der Waals surface area (Å²) in [4.78, 5) is 4.90. The molecule has 2 N–H and O–H groups in total. The molecule has 6 nitrogen and oxygen atoms in total. The first-order valence-corrected chi connectivity index (χ1v) is 7.83. The number of hydrogen-bond donors (Lipinski definition) is 1. The quantitative estimate of drug-likeness (QED) is 0.735. The molecule has 0 unspecified atom stereocenters. The van der Waals surface area contributed by atoms with Crippen LogP contribution in [0.2, 0.25) is 0 Å². The van der Waals surface area contributed by atoms with E-state index in [1.807, 2.05) is 6.92 Å². The lowest BCUT2D eigenvalue weighted by Gasteiger charge is -2.32.